The predicted octanol–water partition coefficient (Wildman–Crippen LogP) is 3.18. The van der Waals surface area contributed by atoms with Crippen molar-refractivity contribution in [3.63, 3.8) is 0 Å². The fourth-order valence-corrected chi connectivity index (χ4v) is 1.86. The van der Waals surface area contributed by atoms with Crippen LogP contribution in [0.4, 0.5) is 5.69 Å². The summed E-state index contributed by atoms with van der Waals surface area (Å²) in [6.07, 6.45) is 2.00. The lowest BCUT2D eigenvalue weighted by atomic mass is 9.92. The third-order valence-corrected chi connectivity index (χ3v) is 3.12. The molecule has 100 valence electrons. The summed E-state index contributed by atoms with van der Waals surface area (Å²) in [4.78, 5) is 11.0. The topological polar surface area (TPSA) is 32.3 Å². The van der Waals surface area contributed by atoms with Crippen molar-refractivity contribution in [1.29, 1.82) is 0 Å². The minimum atomic E-state index is 0.297. The molecule has 0 unspecified atom stereocenters. The van der Waals surface area contributed by atoms with E-state index in [0.29, 0.717) is 5.41 Å². The molecule has 3 nitrogen and oxygen atoms in total. The van der Waals surface area contributed by atoms with E-state index in [1.807, 2.05) is 32.2 Å². The van der Waals surface area contributed by atoms with Crippen molar-refractivity contribution in [2.75, 3.05) is 18.6 Å². The maximum atomic E-state index is 11.0. The van der Waals surface area contributed by atoms with Gasteiger partial charge in [0.2, 0.25) is 0 Å². The molecule has 1 aromatic carbocycles. The number of aldehydes is 1. The molecule has 1 N–H and O–H groups in total. The molecule has 0 atom stereocenters. The van der Waals surface area contributed by atoms with Crippen LogP contribution in [0.25, 0.3) is 0 Å². The van der Waals surface area contributed by atoms with E-state index in [-0.39, 0.29) is 0 Å². The van der Waals surface area contributed by atoms with Crippen molar-refractivity contribution >= 4 is 12.0 Å². The van der Waals surface area contributed by atoms with Crippen molar-refractivity contribution < 1.29 is 4.79 Å². The third kappa shape index (κ3) is 3.84. The number of benzene rings is 1. The molecule has 0 saturated heterocycles. The van der Waals surface area contributed by atoms with Gasteiger partial charge in [0.05, 0.1) is 5.69 Å². The molecule has 0 bridgehead atoms. The van der Waals surface area contributed by atoms with Crippen LogP contribution in [0.5, 0.6) is 0 Å². The first kappa shape index (κ1) is 14.7. The lowest BCUT2D eigenvalue weighted by Gasteiger charge is -2.29. The summed E-state index contributed by atoms with van der Waals surface area (Å²) in [7, 11) is 1.91. The summed E-state index contributed by atoms with van der Waals surface area (Å²) in [6.45, 7) is 9.60. The van der Waals surface area contributed by atoms with Gasteiger partial charge in [-0.2, -0.15) is 0 Å². The Kier molecular flexibility index (Phi) is 4.91. The number of anilines is 1. The number of nitrogens with zero attached hydrogens (tertiary/aromatic N) is 1. The number of hydrazine groups is 1. The highest BCUT2D eigenvalue weighted by molar-refractivity contribution is 5.80. The Hall–Kier alpha value is -1.35. The Morgan fingerprint density at radius 2 is 2.00 bits per heavy atom. The van der Waals surface area contributed by atoms with Crippen molar-refractivity contribution in [2.24, 2.45) is 5.41 Å². The molecule has 0 aliphatic carbocycles. The quantitative estimate of drug-likeness (QED) is 0.641. The first-order valence-corrected chi connectivity index (χ1v) is 6.39. The van der Waals surface area contributed by atoms with Crippen LogP contribution in [0.1, 0.15) is 43.1 Å². The molecule has 1 aromatic rings. The predicted molar refractivity (Wildman–Crippen MR) is 77.0 cm³/mol. The Bertz CT molecular complexity index is 407. The number of carbonyl (C=O) groups excluding carboxylic acids is 1. The zero-order valence-electron chi connectivity index (χ0n) is 12.1. The van der Waals surface area contributed by atoms with E-state index < -0.39 is 0 Å². The molecular weight excluding hydrogens is 224 g/mol. The summed E-state index contributed by atoms with van der Waals surface area (Å²) in [6, 6.07) is 5.82. The molecular formula is C15H24N2O. The van der Waals surface area contributed by atoms with Crippen LogP contribution in [0.2, 0.25) is 0 Å². The van der Waals surface area contributed by atoms with E-state index in [1.165, 1.54) is 0 Å². The van der Waals surface area contributed by atoms with Gasteiger partial charge < -0.3 is 5.01 Å². The van der Waals surface area contributed by atoms with Gasteiger partial charge in [-0.05, 0) is 30.4 Å². The highest BCUT2D eigenvalue weighted by Crippen LogP contribution is 2.24. The second-order valence-electron chi connectivity index (χ2n) is 5.80. The van der Waals surface area contributed by atoms with Gasteiger partial charge in [-0.3, -0.25) is 4.79 Å². The minimum Gasteiger partial charge on any atom is -0.308 e. The Morgan fingerprint density at radius 3 is 2.50 bits per heavy atom. The number of nitrogens with one attached hydrogen (secondary N) is 1. The van der Waals surface area contributed by atoms with Gasteiger partial charge >= 0.3 is 0 Å². The Labute approximate surface area is 110 Å². The Morgan fingerprint density at radius 1 is 1.33 bits per heavy atom. The monoisotopic (exact) mass is 248 g/mol. The summed E-state index contributed by atoms with van der Waals surface area (Å²) in [5, 5.41) is 2.10. The van der Waals surface area contributed by atoms with E-state index in [2.05, 4.69) is 31.2 Å². The molecule has 0 radical (unpaired) electrons. The normalized spacial score (nSPS) is 11.4. The lowest BCUT2D eigenvalue weighted by molar-refractivity contribution is 0.112. The van der Waals surface area contributed by atoms with E-state index >= 15 is 0 Å². The molecule has 0 spiro atoms. The molecule has 3 heteroatoms. The van der Waals surface area contributed by atoms with Crippen molar-refractivity contribution in [3.05, 3.63) is 29.3 Å². The van der Waals surface area contributed by atoms with Gasteiger partial charge in [0.15, 0.2) is 0 Å². The second kappa shape index (κ2) is 6.01. The highest BCUT2D eigenvalue weighted by atomic mass is 16.1. The first-order chi connectivity index (χ1) is 8.39. The number of rotatable bonds is 5. The SMILES string of the molecule is CNN(CCC(C)(C)C)c1cccc(C=O)c1C. The average Bonchev–Trinajstić information content (AvgIpc) is 2.30. The largest absolute Gasteiger partial charge is 0.308 e. The van der Waals surface area contributed by atoms with Crippen molar-refractivity contribution in [2.45, 2.75) is 34.1 Å². The van der Waals surface area contributed by atoms with Crippen LogP contribution >= 0.6 is 0 Å². The van der Waals surface area contributed by atoms with Gasteiger partial charge in [0.25, 0.3) is 0 Å². The zero-order chi connectivity index (χ0) is 13.8. The molecule has 0 amide bonds. The molecule has 18 heavy (non-hydrogen) atoms. The summed E-state index contributed by atoms with van der Waals surface area (Å²) >= 11 is 0. The molecule has 0 heterocycles. The number of hydrogen-bond donors (Lipinski definition) is 1. The molecule has 0 aliphatic rings. The van der Waals surface area contributed by atoms with E-state index in [1.54, 1.807) is 0 Å². The van der Waals surface area contributed by atoms with Gasteiger partial charge in [0, 0.05) is 19.2 Å². The average molecular weight is 248 g/mol. The lowest BCUT2D eigenvalue weighted by Crippen LogP contribution is -2.38. The fraction of sp³-hybridized carbons (Fsp3) is 0.533. The first-order valence-electron chi connectivity index (χ1n) is 6.39. The van der Waals surface area contributed by atoms with Crippen molar-refractivity contribution in [3.8, 4) is 0 Å². The smallest absolute Gasteiger partial charge is 0.150 e. The Balaban J connectivity index is 2.92. The van der Waals surface area contributed by atoms with Crippen molar-refractivity contribution in [1.82, 2.24) is 5.43 Å². The third-order valence-electron chi connectivity index (χ3n) is 3.12. The zero-order valence-corrected chi connectivity index (χ0v) is 12.1. The fourth-order valence-electron chi connectivity index (χ4n) is 1.86. The summed E-state index contributed by atoms with van der Waals surface area (Å²) in [5.74, 6) is 0. The van der Waals surface area contributed by atoms with Crippen LogP contribution < -0.4 is 10.4 Å². The second-order valence-corrected chi connectivity index (χ2v) is 5.80. The van der Waals surface area contributed by atoms with E-state index in [0.717, 1.165) is 36.1 Å². The van der Waals surface area contributed by atoms with Gasteiger partial charge in [-0.25, -0.2) is 5.43 Å². The summed E-state index contributed by atoms with van der Waals surface area (Å²) in [5.41, 5.74) is 6.35. The van der Waals surface area contributed by atoms with Crippen LogP contribution in [0, 0.1) is 12.3 Å². The van der Waals surface area contributed by atoms with Crippen LogP contribution in [0.3, 0.4) is 0 Å². The molecule has 0 aromatic heterocycles. The maximum absolute atomic E-state index is 11.0. The minimum absolute atomic E-state index is 0.297. The molecule has 0 aliphatic heterocycles. The standard InChI is InChI=1S/C15H24N2O/c1-12-13(11-18)7-6-8-14(12)17(16-5)10-9-15(2,3)4/h6-8,11,16H,9-10H2,1-5H3. The number of hydrogen-bond acceptors (Lipinski definition) is 3. The summed E-state index contributed by atoms with van der Waals surface area (Å²) < 4.78 is 0. The van der Waals surface area contributed by atoms with Gasteiger partial charge in [0.1, 0.15) is 6.29 Å². The molecule has 0 fully saturated rings. The van der Waals surface area contributed by atoms with Gasteiger partial charge in [-0.1, -0.05) is 32.9 Å². The maximum Gasteiger partial charge on any atom is 0.150 e. The van der Waals surface area contributed by atoms with E-state index in [9.17, 15) is 4.79 Å². The highest BCUT2D eigenvalue weighted by Gasteiger charge is 2.15. The molecule has 0 saturated carbocycles. The van der Waals surface area contributed by atoms with Crippen LogP contribution in [0.15, 0.2) is 18.2 Å². The molecule has 1 rings (SSSR count). The van der Waals surface area contributed by atoms with Gasteiger partial charge in [-0.15, -0.1) is 0 Å². The van der Waals surface area contributed by atoms with Crippen LogP contribution in [-0.2, 0) is 0 Å². The van der Waals surface area contributed by atoms with E-state index in [4.69, 9.17) is 0 Å². The number of carbonyl (C=O) groups is 1. The van der Waals surface area contributed by atoms with Crippen LogP contribution in [-0.4, -0.2) is 19.9 Å².